The van der Waals surface area contributed by atoms with Crippen LogP contribution in [-0.4, -0.2) is 32.1 Å². The van der Waals surface area contributed by atoms with Crippen LogP contribution in [0.5, 0.6) is 5.88 Å². The van der Waals surface area contributed by atoms with Crippen molar-refractivity contribution >= 4 is 17.4 Å². The van der Waals surface area contributed by atoms with Crippen LogP contribution in [0.4, 0.5) is 0 Å². The van der Waals surface area contributed by atoms with Crippen molar-refractivity contribution in [3.8, 4) is 11.8 Å². The topological polar surface area (TPSA) is 69.9 Å². The summed E-state index contributed by atoms with van der Waals surface area (Å²) in [6.45, 7) is 5.55. The second-order valence-electron chi connectivity index (χ2n) is 5.71. The Labute approximate surface area is 150 Å². The van der Waals surface area contributed by atoms with Crippen molar-refractivity contribution in [2.24, 2.45) is 0 Å². The first-order valence-corrected chi connectivity index (χ1v) is 8.11. The number of aromatic nitrogens is 4. The molecule has 0 aliphatic heterocycles. The van der Waals surface area contributed by atoms with E-state index in [1.54, 1.807) is 35.0 Å². The Morgan fingerprint density at radius 1 is 1.08 bits per heavy atom. The Hall–Kier alpha value is -2.73. The van der Waals surface area contributed by atoms with Gasteiger partial charge in [-0.25, -0.2) is 9.67 Å². The number of aryl methyl sites for hydroxylation is 3. The highest BCUT2D eigenvalue weighted by atomic mass is 35.5. The Morgan fingerprint density at radius 3 is 2.44 bits per heavy atom. The van der Waals surface area contributed by atoms with Gasteiger partial charge in [0.15, 0.2) is 12.4 Å². The van der Waals surface area contributed by atoms with E-state index in [9.17, 15) is 4.79 Å². The number of hydrogen-bond acceptors (Lipinski definition) is 5. The minimum Gasteiger partial charge on any atom is -0.469 e. The van der Waals surface area contributed by atoms with Crippen LogP contribution < -0.4 is 4.74 Å². The lowest BCUT2D eigenvalue weighted by molar-refractivity contribution is 0.0918. The number of carbonyl (C=O) groups is 1. The van der Waals surface area contributed by atoms with E-state index in [0.29, 0.717) is 22.4 Å². The Bertz CT molecular complexity index is 919. The Kier molecular flexibility index (Phi) is 4.81. The summed E-state index contributed by atoms with van der Waals surface area (Å²) in [7, 11) is 0. The van der Waals surface area contributed by atoms with Crippen LogP contribution in [0.15, 0.2) is 36.4 Å². The molecule has 0 atom stereocenters. The largest absolute Gasteiger partial charge is 0.469 e. The number of nitrogens with zero attached hydrogens (tertiary/aromatic N) is 4. The van der Waals surface area contributed by atoms with Crippen LogP contribution in [0.1, 0.15) is 27.4 Å². The zero-order chi connectivity index (χ0) is 18.0. The van der Waals surface area contributed by atoms with Gasteiger partial charge in [0.05, 0.1) is 5.69 Å². The molecule has 0 N–H and O–H groups in total. The van der Waals surface area contributed by atoms with Gasteiger partial charge in [0.1, 0.15) is 0 Å². The lowest BCUT2D eigenvalue weighted by atomic mass is 10.1. The van der Waals surface area contributed by atoms with Gasteiger partial charge in [0.25, 0.3) is 5.95 Å². The fourth-order valence-electron chi connectivity index (χ4n) is 2.38. The number of carbonyl (C=O) groups excluding carboxylic acids is 1. The van der Waals surface area contributed by atoms with Crippen molar-refractivity contribution < 1.29 is 9.53 Å². The van der Waals surface area contributed by atoms with Gasteiger partial charge in [-0.2, -0.15) is 10.1 Å². The van der Waals surface area contributed by atoms with Crippen LogP contribution in [0, 0.1) is 20.8 Å². The van der Waals surface area contributed by atoms with E-state index in [4.69, 9.17) is 16.3 Å². The van der Waals surface area contributed by atoms with Crippen molar-refractivity contribution in [1.82, 2.24) is 19.7 Å². The summed E-state index contributed by atoms with van der Waals surface area (Å²) in [5.41, 5.74) is 3.06. The third kappa shape index (κ3) is 4.03. The Balaban J connectivity index is 1.78. The molecule has 0 amide bonds. The molecular formula is C18H17ClN4O2. The summed E-state index contributed by atoms with van der Waals surface area (Å²) in [6, 6.07) is 10.3. The number of ether oxygens (including phenoxy) is 1. The number of hydrogen-bond donors (Lipinski definition) is 0. The van der Waals surface area contributed by atoms with Crippen molar-refractivity contribution in [3.63, 3.8) is 0 Å². The molecule has 0 saturated heterocycles. The number of rotatable bonds is 5. The summed E-state index contributed by atoms with van der Waals surface area (Å²) >= 11 is 5.83. The standard InChI is InChI=1S/C18H17ClN4O2/c1-11-9-17(21-18(20-11)23-13(3)8-12(2)22-23)25-10-16(24)14-4-6-15(19)7-5-14/h4-9H,10H2,1-3H3. The molecule has 1 aromatic carbocycles. The molecule has 0 fully saturated rings. The lowest BCUT2D eigenvalue weighted by Gasteiger charge is -2.08. The van der Waals surface area contributed by atoms with E-state index in [2.05, 4.69) is 15.1 Å². The molecule has 25 heavy (non-hydrogen) atoms. The van der Waals surface area contributed by atoms with Gasteiger partial charge in [0, 0.05) is 28.0 Å². The molecule has 3 rings (SSSR count). The van der Waals surface area contributed by atoms with E-state index >= 15 is 0 Å². The zero-order valence-electron chi connectivity index (χ0n) is 14.2. The first-order chi connectivity index (χ1) is 11.9. The molecule has 6 nitrogen and oxygen atoms in total. The van der Waals surface area contributed by atoms with Gasteiger partial charge < -0.3 is 4.74 Å². The first kappa shape index (κ1) is 17.1. The number of Topliss-reactive ketones (excluding diaryl/α,β-unsaturated/α-hetero) is 1. The van der Waals surface area contributed by atoms with E-state index < -0.39 is 0 Å². The maximum Gasteiger partial charge on any atom is 0.254 e. The third-order valence-corrected chi connectivity index (χ3v) is 3.79. The predicted octanol–water partition coefficient (Wildman–Crippen LogP) is 3.50. The summed E-state index contributed by atoms with van der Waals surface area (Å²) in [5.74, 6) is 0.595. The van der Waals surface area contributed by atoms with Crippen LogP contribution in [0.25, 0.3) is 5.95 Å². The first-order valence-electron chi connectivity index (χ1n) is 7.73. The lowest BCUT2D eigenvalue weighted by Crippen LogP contribution is -2.14. The van der Waals surface area contributed by atoms with Crippen molar-refractivity contribution in [1.29, 1.82) is 0 Å². The maximum absolute atomic E-state index is 12.2. The third-order valence-electron chi connectivity index (χ3n) is 3.54. The van der Waals surface area contributed by atoms with Crippen molar-refractivity contribution in [2.45, 2.75) is 20.8 Å². The average molecular weight is 357 g/mol. The summed E-state index contributed by atoms with van der Waals surface area (Å²) in [6.07, 6.45) is 0. The quantitative estimate of drug-likeness (QED) is 0.654. The highest BCUT2D eigenvalue weighted by Gasteiger charge is 2.12. The van der Waals surface area contributed by atoms with Crippen LogP contribution >= 0.6 is 11.6 Å². The van der Waals surface area contributed by atoms with Gasteiger partial charge in [-0.1, -0.05) is 11.6 Å². The normalized spacial score (nSPS) is 10.7. The molecule has 0 spiro atoms. The van der Waals surface area contributed by atoms with E-state index in [1.165, 1.54) is 0 Å². The summed E-state index contributed by atoms with van der Waals surface area (Å²) < 4.78 is 7.22. The maximum atomic E-state index is 12.2. The number of ketones is 1. The minimum atomic E-state index is -0.152. The van der Waals surface area contributed by atoms with E-state index in [-0.39, 0.29) is 12.4 Å². The summed E-state index contributed by atoms with van der Waals surface area (Å²) in [4.78, 5) is 20.9. The second kappa shape index (κ2) is 7.03. The van der Waals surface area contributed by atoms with Crippen molar-refractivity contribution in [3.05, 3.63) is 64.1 Å². The predicted molar refractivity (Wildman–Crippen MR) is 94.6 cm³/mol. The molecule has 3 aromatic rings. The van der Waals surface area contributed by atoms with Crippen LogP contribution in [0.3, 0.4) is 0 Å². The monoisotopic (exact) mass is 356 g/mol. The molecule has 0 radical (unpaired) electrons. The van der Waals surface area contributed by atoms with Crippen LogP contribution in [0.2, 0.25) is 5.02 Å². The fraction of sp³-hybridized carbons (Fsp3) is 0.222. The molecule has 0 unspecified atom stereocenters. The van der Waals surface area contributed by atoms with Crippen molar-refractivity contribution in [2.75, 3.05) is 6.61 Å². The van der Waals surface area contributed by atoms with Gasteiger partial charge in [-0.05, 0) is 51.1 Å². The molecule has 0 aliphatic rings. The fourth-order valence-corrected chi connectivity index (χ4v) is 2.51. The second-order valence-corrected chi connectivity index (χ2v) is 6.14. The zero-order valence-corrected chi connectivity index (χ0v) is 14.9. The SMILES string of the molecule is Cc1cc(OCC(=O)c2ccc(Cl)cc2)nc(-n2nc(C)cc2C)n1. The molecule has 2 heterocycles. The number of halogens is 1. The summed E-state index contributed by atoms with van der Waals surface area (Å²) in [5, 5.41) is 4.95. The van der Waals surface area contributed by atoms with Gasteiger partial charge in [0.2, 0.25) is 5.88 Å². The molecule has 0 saturated carbocycles. The average Bonchev–Trinajstić information content (AvgIpc) is 2.91. The minimum absolute atomic E-state index is 0.116. The van der Waals surface area contributed by atoms with Gasteiger partial charge in [-0.15, -0.1) is 0 Å². The van der Waals surface area contributed by atoms with Gasteiger partial charge in [-0.3, -0.25) is 4.79 Å². The van der Waals surface area contributed by atoms with E-state index in [1.807, 2.05) is 26.8 Å². The molecule has 2 aromatic heterocycles. The Morgan fingerprint density at radius 2 is 1.80 bits per heavy atom. The molecule has 0 aliphatic carbocycles. The molecule has 128 valence electrons. The van der Waals surface area contributed by atoms with E-state index in [0.717, 1.165) is 17.1 Å². The van der Waals surface area contributed by atoms with Gasteiger partial charge >= 0.3 is 0 Å². The molecule has 0 bridgehead atoms. The number of benzene rings is 1. The molecular weight excluding hydrogens is 340 g/mol. The highest BCUT2D eigenvalue weighted by Crippen LogP contribution is 2.15. The highest BCUT2D eigenvalue weighted by molar-refractivity contribution is 6.30. The smallest absolute Gasteiger partial charge is 0.254 e. The van der Waals surface area contributed by atoms with Crippen LogP contribution in [-0.2, 0) is 0 Å². The molecule has 7 heteroatoms.